The average molecular weight is 341 g/mol. The maximum atomic E-state index is 5.83. The molecule has 104 valence electrons. The van der Waals surface area contributed by atoms with Crippen molar-refractivity contribution >= 4 is 38.8 Å². The van der Waals surface area contributed by atoms with Gasteiger partial charge in [-0.15, -0.1) is 0 Å². The molecule has 1 atom stereocenters. The number of rotatable bonds is 4. The van der Waals surface area contributed by atoms with E-state index in [1.165, 1.54) is 32.1 Å². The smallest absolute Gasteiger partial charge is 0.107 e. The first-order chi connectivity index (χ1) is 9.09. The molecule has 0 amide bonds. The van der Waals surface area contributed by atoms with Crippen molar-refractivity contribution in [1.29, 1.82) is 0 Å². The van der Waals surface area contributed by atoms with Gasteiger partial charge < -0.3 is 11.1 Å². The minimum absolute atomic E-state index is 0.436. The SMILES string of the molecule is CC(Nc1cccc(Br)c1C(N)=S)C1CCCCC1. The van der Waals surface area contributed by atoms with Crippen molar-refractivity contribution in [1.82, 2.24) is 0 Å². The summed E-state index contributed by atoms with van der Waals surface area (Å²) in [6, 6.07) is 6.51. The molecule has 2 rings (SSSR count). The van der Waals surface area contributed by atoms with E-state index in [1.54, 1.807) is 0 Å². The molecule has 2 nitrogen and oxygen atoms in total. The standard InChI is InChI=1S/C15H21BrN2S/c1-10(11-6-3-2-4-7-11)18-13-9-5-8-12(16)14(13)15(17)19/h5,8-11,18H,2-4,6-7H2,1H3,(H2,17,19). The fraction of sp³-hybridized carbons (Fsp3) is 0.533. The summed E-state index contributed by atoms with van der Waals surface area (Å²) in [6.07, 6.45) is 6.75. The van der Waals surface area contributed by atoms with Crippen LogP contribution in [0, 0.1) is 5.92 Å². The molecule has 19 heavy (non-hydrogen) atoms. The number of thiocarbonyl (C=S) groups is 1. The Kier molecular flexibility index (Phi) is 5.22. The fourth-order valence-electron chi connectivity index (χ4n) is 2.89. The van der Waals surface area contributed by atoms with Crippen molar-refractivity contribution in [3.8, 4) is 0 Å². The van der Waals surface area contributed by atoms with E-state index >= 15 is 0 Å². The van der Waals surface area contributed by atoms with Gasteiger partial charge in [0.1, 0.15) is 4.99 Å². The number of hydrogen-bond donors (Lipinski definition) is 2. The number of nitrogens with one attached hydrogen (secondary N) is 1. The van der Waals surface area contributed by atoms with E-state index in [1.807, 2.05) is 12.1 Å². The van der Waals surface area contributed by atoms with Crippen molar-refractivity contribution in [3.63, 3.8) is 0 Å². The van der Waals surface area contributed by atoms with E-state index in [9.17, 15) is 0 Å². The van der Waals surface area contributed by atoms with Crippen LogP contribution in [0.4, 0.5) is 5.69 Å². The van der Waals surface area contributed by atoms with Crippen molar-refractivity contribution in [2.24, 2.45) is 11.7 Å². The van der Waals surface area contributed by atoms with Gasteiger partial charge in [-0.05, 0) is 53.7 Å². The molecule has 0 saturated heterocycles. The number of anilines is 1. The van der Waals surface area contributed by atoms with Gasteiger partial charge in [0, 0.05) is 21.8 Å². The van der Waals surface area contributed by atoms with Gasteiger partial charge in [-0.1, -0.05) is 37.5 Å². The zero-order valence-electron chi connectivity index (χ0n) is 11.3. The molecule has 3 N–H and O–H groups in total. The third kappa shape index (κ3) is 3.69. The Morgan fingerprint density at radius 3 is 2.68 bits per heavy atom. The van der Waals surface area contributed by atoms with Crippen LogP contribution >= 0.6 is 28.1 Å². The van der Waals surface area contributed by atoms with Crippen LogP contribution in [0.25, 0.3) is 0 Å². The highest BCUT2D eigenvalue weighted by Crippen LogP contribution is 2.30. The third-order valence-corrected chi connectivity index (χ3v) is 4.87. The predicted molar refractivity (Wildman–Crippen MR) is 89.7 cm³/mol. The zero-order chi connectivity index (χ0) is 13.8. The van der Waals surface area contributed by atoms with Gasteiger partial charge in [0.2, 0.25) is 0 Å². The summed E-state index contributed by atoms with van der Waals surface area (Å²) in [5, 5.41) is 3.60. The van der Waals surface area contributed by atoms with Gasteiger partial charge in [-0.2, -0.15) is 0 Å². The van der Waals surface area contributed by atoms with Crippen LogP contribution in [0.15, 0.2) is 22.7 Å². The van der Waals surface area contributed by atoms with Crippen LogP contribution in [0.3, 0.4) is 0 Å². The van der Waals surface area contributed by atoms with Crippen LogP contribution in [0.2, 0.25) is 0 Å². The highest BCUT2D eigenvalue weighted by molar-refractivity contribution is 9.10. The summed E-state index contributed by atoms with van der Waals surface area (Å²) in [5.41, 5.74) is 7.79. The molecule has 1 aromatic carbocycles. The van der Waals surface area contributed by atoms with Gasteiger partial charge in [0.15, 0.2) is 0 Å². The maximum absolute atomic E-state index is 5.83. The Hall–Kier alpha value is -0.610. The number of hydrogen-bond acceptors (Lipinski definition) is 2. The van der Waals surface area contributed by atoms with E-state index in [0.29, 0.717) is 11.0 Å². The summed E-state index contributed by atoms with van der Waals surface area (Å²) in [7, 11) is 0. The van der Waals surface area contributed by atoms with E-state index < -0.39 is 0 Å². The summed E-state index contributed by atoms with van der Waals surface area (Å²) >= 11 is 8.68. The Labute approximate surface area is 129 Å². The van der Waals surface area contributed by atoms with Crippen LogP contribution in [0.1, 0.15) is 44.6 Å². The summed E-state index contributed by atoms with van der Waals surface area (Å²) in [6.45, 7) is 2.26. The van der Waals surface area contributed by atoms with Crippen LogP contribution in [-0.2, 0) is 0 Å². The first-order valence-corrected chi connectivity index (χ1v) is 8.14. The Morgan fingerprint density at radius 1 is 1.37 bits per heavy atom. The van der Waals surface area contributed by atoms with Crippen LogP contribution in [-0.4, -0.2) is 11.0 Å². The molecule has 0 aliphatic heterocycles. The molecular formula is C15H21BrN2S. The first kappa shape index (κ1) is 14.8. The van der Waals surface area contributed by atoms with Crippen molar-refractivity contribution in [3.05, 3.63) is 28.2 Å². The lowest BCUT2D eigenvalue weighted by Gasteiger charge is -2.29. The second-order valence-electron chi connectivity index (χ2n) is 5.36. The van der Waals surface area contributed by atoms with Gasteiger partial charge in [0.05, 0.1) is 0 Å². The number of nitrogens with two attached hydrogens (primary N) is 1. The summed E-state index contributed by atoms with van der Waals surface area (Å²) in [5.74, 6) is 0.756. The number of halogens is 1. The van der Waals surface area contributed by atoms with Crippen molar-refractivity contribution in [2.75, 3.05) is 5.32 Å². The summed E-state index contributed by atoms with van der Waals surface area (Å²) < 4.78 is 0.959. The van der Waals surface area contributed by atoms with Gasteiger partial charge in [-0.3, -0.25) is 0 Å². The molecule has 1 aliphatic rings. The maximum Gasteiger partial charge on any atom is 0.107 e. The van der Waals surface area contributed by atoms with Crippen molar-refractivity contribution in [2.45, 2.75) is 45.1 Å². The Morgan fingerprint density at radius 2 is 2.05 bits per heavy atom. The minimum Gasteiger partial charge on any atom is -0.389 e. The normalized spacial score (nSPS) is 18.0. The molecule has 0 spiro atoms. The predicted octanol–water partition coefficient (Wildman–Crippen LogP) is 4.46. The quantitative estimate of drug-likeness (QED) is 0.794. The van der Waals surface area contributed by atoms with E-state index in [-0.39, 0.29) is 0 Å². The lowest BCUT2D eigenvalue weighted by Crippen LogP contribution is -2.29. The highest BCUT2D eigenvalue weighted by atomic mass is 79.9. The minimum atomic E-state index is 0.436. The molecule has 0 heterocycles. The van der Waals surface area contributed by atoms with Crippen molar-refractivity contribution < 1.29 is 0 Å². The molecule has 4 heteroatoms. The molecule has 0 aromatic heterocycles. The third-order valence-electron chi connectivity index (χ3n) is 4.00. The van der Waals surface area contributed by atoms with Gasteiger partial charge >= 0.3 is 0 Å². The van der Waals surface area contributed by atoms with Crippen LogP contribution < -0.4 is 11.1 Å². The average Bonchev–Trinajstić information content (AvgIpc) is 2.39. The molecular weight excluding hydrogens is 320 g/mol. The number of benzene rings is 1. The second kappa shape index (κ2) is 6.71. The zero-order valence-corrected chi connectivity index (χ0v) is 13.7. The molecule has 1 unspecified atom stereocenters. The molecule has 1 aromatic rings. The Bertz CT molecular complexity index is 455. The topological polar surface area (TPSA) is 38.0 Å². The van der Waals surface area contributed by atoms with Crippen LogP contribution in [0.5, 0.6) is 0 Å². The fourth-order valence-corrected chi connectivity index (χ4v) is 3.82. The molecule has 1 fully saturated rings. The molecule has 0 bridgehead atoms. The second-order valence-corrected chi connectivity index (χ2v) is 6.65. The monoisotopic (exact) mass is 340 g/mol. The lowest BCUT2D eigenvalue weighted by molar-refractivity contribution is 0.328. The van der Waals surface area contributed by atoms with Gasteiger partial charge in [0.25, 0.3) is 0 Å². The highest BCUT2D eigenvalue weighted by Gasteiger charge is 2.21. The largest absolute Gasteiger partial charge is 0.389 e. The first-order valence-electron chi connectivity index (χ1n) is 6.94. The lowest BCUT2D eigenvalue weighted by atomic mass is 9.84. The van der Waals surface area contributed by atoms with E-state index in [0.717, 1.165) is 21.6 Å². The van der Waals surface area contributed by atoms with Gasteiger partial charge in [-0.25, -0.2) is 0 Å². The molecule has 1 saturated carbocycles. The molecule has 0 radical (unpaired) electrons. The van der Waals surface area contributed by atoms with E-state index in [4.69, 9.17) is 18.0 Å². The Balaban J connectivity index is 2.14. The summed E-state index contributed by atoms with van der Waals surface area (Å²) in [4.78, 5) is 0.436. The molecule has 1 aliphatic carbocycles. The van der Waals surface area contributed by atoms with E-state index in [2.05, 4.69) is 34.2 Å².